The van der Waals surface area contributed by atoms with E-state index >= 15 is 0 Å². The summed E-state index contributed by atoms with van der Waals surface area (Å²) in [5.74, 6) is -1.09. The van der Waals surface area contributed by atoms with Gasteiger partial charge in [-0.2, -0.15) is 0 Å². The Bertz CT molecular complexity index is 457. The smallest absolute Gasteiger partial charge is 0.303 e. The molecular weight excluding hydrogens is 246 g/mol. The van der Waals surface area contributed by atoms with Crippen LogP contribution in [0.2, 0.25) is 0 Å². The van der Waals surface area contributed by atoms with Crippen LogP contribution >= 0.6 is 0 Å². The summed E-state index contributed by atoms with van der Waals surface area (Å²) in [7, 11) is 0. The number of carboxylic acid groups (broad SMARTS) is 1. The Labute approximate surface area is 111 Å². The molecule has 5 nitrogen and oxygen atoms in total. The van der Waals surface area contributed by atoms with Crippen molar-refractivity contribution < 1.29 is 19.4 Å². The van der Waals surface area contributed by atoms with Crippen LogP contribution in [0, 0.1) is 0 Å². The predicted molar refractivity (Wildman–Crippen MR) is 72.0 cm³/mol. The fourth-order valence-electron chi connectivity index (χ4n) is 1.49. The number of ether oxygens (including phenoxy) is 1. The number of carbonyl (C=O) groups excluding carboxylic acids is 1. The third-order valence-corrected chi connectivity index (χ3v) is 2.31. The molecule has 1 aromatic carbocycles. The zero-order chi connectivity index (χ0) is 14.1. The van der Waals surface area contributed by atoms with Gasteiger partial charge in [-0.15, -0.1) is 6.58 Å². The van der Waals surface area contributed by atoms with Gasteiger partial charge in [0.25, 0.3) is 0 Å². The number of benzene rings is 1. The van der Waals surface area contributed by atoms with Crippen molar-refractivity contribution in [2.24, 2.45) is 0 Å². The maximum absolute atomic E-state index is 11.5. The van der Waals surface area contributed by atoms with Crippen LogP contribution in [0.25, 0.3) is 0 Å². The number of hydrogen-bond acceptors (Lipinski definition) is 3. The molecule has 19 heavy (non-hydrogen) atoms. The average Bonchev–Trinajstić information content (AvgIpc) is 2.37. The molecule has 5 heteroatoms. The molecule has 1 aromatic rings. The van der Waals surface area contributed by atoms with Gasteiger partial charge in [-0.1, -0.05) is 18.2 Å². The SMILES string of the molecule is C=CCOCC(=O)Nc1cccc(CCC(=O)O)c1. The number of aryl methyl sites for hydroxylation is 1. The van der Waals surface area contributed by atoms with Crippen LogP contribution in [-0.2, 0) is 20.7 Å². The normalized spacial score (nSPS) is 9.89. The summed E-state index contributed by atoms with van der Waals surface area (Å²) < 4.78 is 5.02. The topological polar surface area (TPSA) is 75.6 Å². The van der Waals surface area contributed by atoms with Crippen molar-refractivity contribution in [3.05, 3.63) is 42.5 Å². The molecule has 0 spiro atoms. The Morgan fingerprint density at radius 2 is 2.21 bits per heavy atom. The highest BCUT2D eigenvalue weighted by molar-refractivity contribution is 5.91. The molecule has 0 radical (unpaired) electrons. The number of amides is 1. The number of anilines is 1. The first-order valence-electron chi connectivity index (χ1n) is 5.91. The first-order chi connectivity index (χ1) is 9.11. The molecule has 0 saturated carbocycles. The first-order valence-corrected chi connectivity index (χ1v) is 5.91. The molecule has 0 fully saturated rings. The number of nitrogens with one attached hydrogen (secondary N) is 1. The lowest BCUT2D eigenvalue weighted by atomic mass is 10.1. The minimum Gasteiger partial charge on any atom is -0.481 e. The van der Waals surface area contributed by atoms with Crippen molar-refractivity contribution in [2.45, 2.75) is 12.8 Å². The average molecular weight is 263 g/mol. The molecule has 2 N–H and O–H groups in total. The Balaban J connectivity index is 2.49. The molecule has 0 bridgehead atoms. The minimum absolute atomic E-state index is 0.0363. The van der Waals surface area contributed by atoms with Crippen molar-refractivity contribution in [3.8, 4) is 0 Å². The second-order valence-corrected chi connectivity index (χ2v) is 3.95. The van der Waals surface area contributed by atoms with E-state index in [0.29, 0.717) is 18.7 Å². The standard InChI is InChI=1S/C14H17NO4/c1-2-8-19-10-13(16)15-12-5-3-4-11(9-12)6-7-14(17)18/h2-5,9H,1,6-8,10H2,(H,15,16)(H,17,18). The van der Waals surface area contributed by atoms with Gasteiger partial charge in [-0.05, 0) is 24.1 Å². The Morgan fingerprint density at radius 1 is 1.42 bits per heavy atom. The van der Waals surface area contributed by atoms with Gasteiger partial charge in [0.05, 0.1) is 6.61 Å². The number of carbonyl (C=O) groups is 2. The molecule has 0 aliphatic rings. The van der Waals surface area contributed by atoms with Crippen molar-refractivity contribution >= 4 is 17.6 Å². The van der Waals surface area contributed by atoms with Crippen LogP contribution in [-0.4, -0.2) is 30.2 Å². The van der Waals surface area contributed by atoms with E-state index < -0.39 is 5.97 Å². The highest BCUT2D eigenvalue weighted by Gasteiger charge is 2.04. The van der Waals surface area contributed by atoms with E-state index in [1.54, 1.807) is 24.3 Å². The van der Waals surface area contributed by atoms with E-state index in [2.05, 4.69) is 11.9 Å². The van der Waals surface area contributed by atoms with E-state index in [-0.39, 0.29) is 18.9 Å². The highest BCUT2D eigenvalue weighted by Crippen LogP contribution is 2.12. The van der Waals surface area contributed by atoms with Gasteiger partial charge in [0, 0.05) is 12.1 Å². The van der Waals surface area contributed by atoms with Crippen LogP contribution in [0.1, 0.15) is 12.0 Å². The van der Waals surface area contributed by atoms with Gasteiger partial charge in [0.1, 0.15) is 6.61 Å². The molecule has 102 valence electrons. The number of rotatable bonds is 8. The molecule has 0 atom stereocenters. The molecule has 1 amide bonds. The van der Waals surface area contributed by atoms with Crippen LogP contribution < -0.4 is 5.32 Å². The summed E-state index contributed by atoms with van der Waals surface area (Å²) >= 11 is 0. The molecule has 0 aromatic heterocycles. The molecule has 0 unspecified atom stereocenters. The van der Waals surface area contributed by atoms with Crippen LogP contribution in [0.4, 0.5) is 5.69 Å². The summed E-state index contributed by atoms with van der Waals surface area (Å²) in [4.78, 5) is 22.0. The summed E-state index contributed by atoms with van der Waals surface area (Å²) in [6.45, 7) is 3.77. The van der Waals surface area contributed by atoms with Crippen LogP contribution in [0.3, 0.4) is 0 Å². The molecular formula is C14H17NO4. The maximum atomic E-state index is 11.5. The fraction of sp³-hybridized carbons (Fsp3) is 0.286. The second kappa shape index (κ2) is 8.05. The minimum atomic E-state index is -0.840. The van der Waals surface area contributed by atoms with Crippen molar-refractivity contribution in [1.82, 2.24) is 0 Å². The summed E-state index contributed by atoms with van der Waals surface area (Å²) in [6, 6.07) is 7.11. The Morgan fingerprint density at radius 3 is 2.89 bits per heavy atom. The summed E-state index contributed by atoms with van der Waals surface area (Å²) in [5.41, 5.74) is 1.50. The van der Waals surface area contributed by atoms with Crippen molar-refractivity contribution in [3.63, 3.8) is 0 Å². The molecule has 1 rings (SSSR count). The Kier molecular flexibility index (Phi) is 6.32. The second-order valence-electron chi connectivity index (χ2n) is 3.95. The van der Waals surface area contributed by atoms with Crippen LogP contribution in [0.5, 0.6) is 0 Å². The largest absolute Gasteiger partial charge is 0.481 e. The number of hydrogen-bond donors (Lipinski definition) is 2. The van der Waals surface area contributed by atoms with Gasteiger partial charge in [-0.25, -0.2) is 0 Å². The highest BCUT2D eigenvalue weighted by atomic mass is 16.5. The van der Waals surface area contributed by atoms with Crippen molar-refractivity contribution in [2.75, 3.05) is 18.5 Å². The third kappa shape index (κ3) is 6.38. The number of carboxylic acids is 1. The number of aliphatic carboxylic acids is 1. The monoisotopic (exact) mass is 263 g/mol. The third-order valence-electron chi connectivity index (χ3n) is 2.31. The van der Waals surface area contributed by atoms with E-state index in [4.69, 9.17) is 9.84 Å². The van der Waals surface area contributed by atoms with Gasteiger partial charge in [0.15, 0.2) is 0 Å². The summed E-state index contributed by atoms with van der Waals surface area (Å²) in [5, 5.41) is 11.3. The fourth-order valence-corrected chi connectivity index (χ4v) is 1.49. The lowest BCUT2D eigenvalue weighted by Gasteiger charge is -2.07. The van der Waals surface area contributed by atoms with Gasteiger partial charge >= 0.3 is 5.97 Å². The molecule has 0 aliphatic heterocycles. The lowest BCUT2D eigenvalue weighted by Crippen LogP contribution is -2.18. The predicted octanol–water partition coefficient (Wildman–Crippen LogP) is 1.84. The molecule has 0 saturated heterocycles. The zero-order valence-electron chi connectivity index (χ0n) is 10.6. The van der Waals surface area contributed by atoms with E-state index in [1.807, 2.05) is 6.07 Å². The summed E-state index contributed by atoms with van der Waals surface area (Å²) in [6.07, 6.45) is 2.08. The van der Waals surface area contributed by atoms with Crippen molar-refractivity contribution in [1.29, 1.82) is 0 Å². The molecule has 0 aliphatic carbocycles. The van der Waals surface area contributed by atoms with E-state index in [0.717, 1.165) is 5.56 Å². The quantitative estimate of drug-likeness (QED) is 0.554. The van der Waals surface area contributed by atoms with Gasteiger partial charge in [-0.3, -0.25) is 9.59 Å². The van der Waals surface area contributed by atoms with Gasteiger partial charge < -0.3 is 15.2 Å². The van der Waals surface area contributed by atoms with Gasteiger partial charge in [0.2, 0.25) is 5.91 Å². The molecule has 0 heterocycles. The first kappa shape index (κ1) is 14.9. The van der Waals surface area contributed by atoms with Crippen LogP contribution in [0.15, 0.2) is 36.9 Å². The van der Waals surface area contributed by atoms with E-state index in [9.17, 15) is 9.59 Å². The lowest BCUT2D eigenvalue weighted by molar-refractivity contribution is -0.137. The maximum Gasteiger partial charge on any atom is 0.303 e. The Hall–Kier alpha value is -2.14. The zero-order valence-corrected chi connectivity index (χ0v) is 10.6. The van der Waals surface area contributed by atoms with E-state index in [1.165, 1.54) is 0 Å².